The average Bonchev–Trinajstić information content (AvgIpc) is 2.86. The molecule has 0 bridgehead atoms. The van der Waals surface area contributed by atoms with Gasteiger partial charge in [-0.05, 0) is 25.0 Å². The molecule has 1 aliphatic heterocycles. The van der Waals surface area contributed by atoms with Gasteiger partial charge in [-0.3, -0.25) is 4.98 Å². The molecule has 1 saturated heterocycles. The number of nitrogens with zero attached hydrogens (tertiary/aromatic N) is 3. The van der Waals surface area contributed by atoms with Gasteiger partial charge >= 0.3 is 0 Å². The summed E-state index contributed by atoms with van der Waals surface area (Å²) in [6.45, 7) is 1.15. The van der Waals surface area contributed by atoms with Gasteiger partial charge in [0, 0.05) is 6.54 Å². The first-order valence-electron chi connectivity index (χ1n) is 5.98. The molecule has 2 aromatic rings. The van der Waals surface area contributed by atoms with Gasteiger partial charge < -0.3 is 10.0 Å². The molecule has 17 heavy (non-hydrogen) atoms. The van der Waals surface area contributed by atoms with Crippen molar-refractivity contribution in [1.29, 1.82) is 0 Å². The Hall–Kier alpha value is -1.68. The summed E-state index contributed by atoms with van der Waals surface area (Å²) < 4.78 is 0. The van der Waals surface area contributed by atoms with Crippen LogP contribution >= 0.6 is 0 Å². The predicted molar refractivity (Wildman–Crippen MR) is 67.0 cm³/mol. The monoisotopic (exact) mass is 229 g/mol. The highest BCUT2D eigenvalue weighted by molar-refractivity contribution is 5.75. The number of anilines is 1. The molecule has 0 saturated carbocycles. The van der Waals surface area contributed by atoms with Crippen LogP contribution in [-0.4, -0.2) is 34.3 Å². The number of aromatic nitrogens is 2. The summed E-state index contributed by atoms with van der Waals surface area (Å²) in [5.74, 6) is 0.875. The van der Waals surface area contributed by atoms with Crippen LogP contribution in [-0.2, 0) is 0 Å². The lowest BCUT2D eigenvalue weighted by atomic mass is 10.2. The number of fused-ring (bicyclic) bond motifs is 1. The van der Waals surface area contributed by atoms with Crippen molar-refractivity contribution in [3.8, 4) is 0 Å². The largest absolute Gasteiger partial charge is 0.394 e. The number of aliphatic hydroxyl groups excluding tert-OH is 1. The van der Waals surface area contributed by atoms with Gasteiger partial charge in [-0.15, -0.1) is 0 Å². The number of aliphatic hydroxyl groups is 1. The van der Waals surface area contributed by atoms with Gasteiger partial charge in [-0.1, -0.05) is 12.1 Å². The van der Waals surface area contributed by atoms with Crippen LogP contribution in [0.5, 0.6) is 0 Å². The molecule has 1 aromatic carbocycles. The van der Waals surface area contributed by atoms with Crippen molar-refractivity contribution in [2.75, 3.05) is 18.1 Å². The summed E-state index contributed by atoms with van der Waals surface area (Å²) in [4.78, 5) is 11.2. The predicted octanol–water partition coefficient (Wildman–Crippen LogP) is 1.59. The van der Waals surface area contributed by atoms with Crippen molar-refractivity contribution in [1.82, 2.24) is 9.97 Å². The fourth-order valence-electron chi connectivity index (χ4n) is 2.41. The third kappa shape index (κ3) is 1.85. The van der Waals surface area contributed by atoms with Crippen molar-refractivity contribution in [2.24, 2.45) is 0 Å². The highest BCUT2D eigenvalue weighted by atomic mass is 16.3. The molecule has 1 N–H and O–H groups in total. The minimum atomic E-state index is 0.189. The molecule has 0 aliphatic carbocycles. The van der Waals surface area contributed by atoms with Crippen LogP contribution in [0.4, 0.5) is 5.82 Å². The van der Waals surface area contributed by atoms with E-state index in [-0.39, 0.29) is 12.6 Å². The van der Waals surface area contributed by atoms with Gasteiger partial charge in [0.1, 0.15) is 5.82 Å². The standard InChI is InChI=1S/C13H15N3O/c17-9-10-4-3-7-16(10)13-8-14-11-5-1-2-6-12(11)15-13/h1-2,5-6,8,10,17H,3-4,7,9H2/t10-/m1/s1. The molecule has 0 unspecified atom stereocenters. The summed E-state index contributed by atoms with van der Waals surface area (Å²) in [5.41, 5.74) is 1.82. The molecular formula is C13H15N3O. The van der Waals surface area contributed by atoms with E-state index in [0.717, 1.165) is 36.2 Å². The number of rotatable bonds is 2. The highest BCUT2D eigenvalue weighted by Crippen LogP contribution is 2.24. The van der Waals surface area contributed by atoms with E-state index in [1.807, 2.05) is 24.3 Å². The van der Waals surface area contributed by atoms with Gasteiger partial charge in [-0.2, -0.15) is 0 Å². The van der Waals surface area contributed by atoms with Gasteiger partial charge in [-0.25, -0.2) is 4.98 Å². The lowest BCUT2D eigenvalue weighted by molar-refractivity contribution is 0.266. The molecule has 0 spiro atoms. The fourth-order valence-corrected chi connectivity index (χ4v) is 2.41. The van der Waals surface area contributed by atoms with Crippen molar-refractivity contribution in [3.63, 3.8) is 0 Å². The van der Waals surface area contributed by atoms with Crippen LogP contribution in [0.25, 0.3) is 11.0 Å². The van der Waals surface area contributed by atoms with Crippen LogP contribution in [0, 0.1) is 0 Å². The molecule has 2 heterocycles. The second-order valence-corrected chi connectivity index (χ2v) is 4.39. The first-order chi connectivity index (χ1) is 8.38. The van der Waals surface area contributed by atoms with Crippen molar-refractivity contribution >= 4 is 16.9 Å². The second kappa shape index (κ2) is 4.30. The topological polar surface area (TPSA) is 49.2 Å². The van der Waals surface area contributed by atoms with E-state index in [9.17, 15) is 5.11 Å². The van der Waals surface area contributed by atoms with Crippen LogP contribution in [0.2, 0.25) is 0 Å². The van der Waals surface area contributed by atoms with Crippen LogP contribution < -0.4 is 4.90 Å². The Balaban J connectivity index is 2.00. The van der Waals surface area contributed by atoms with E-state index < -0.39 is 0 Å². The summed E-state index contributed by atoms with van der Waals surface area (Å²) in [6, 6.07) is 8.05. The molecule has 0 amide bonds. The molecule has 1 fully saturated rings. The number of hydrogen-bond acceptors (Lipinski definition) is 4. The van der Waals surface area contributed by atoms with E-state index >= 15 is 0 Å². The zero-order valence-electron chi connectivity index (χ0n) is 9.58. The smallest absolute Gasteiger partial charge is 0.148 e. The Morgan fingerprint density at radius 3 is 2.94 bits per heavy atom. The molecular weight excluding hydrogens is 214 g/mol. The van der Waals surface area contributed by atoms with E-state index in [4.69, 9.17) is 0 Å². The molecule has 0 radical (unpaired) electrons. The Kier molecular flexibility index (Phi) is 2.65. The van der Waals surface area contributed by atoms with Crippen LogP contribution in [0.1, 0.15) is 12.8 Å². The molecule has 4 heteroatoms. The summed E-state index contributed by atoms with van der Waals surface area (Å²) in [7, 11) is 0. The SMILES string of the molecule is OC[C@H]1CCCN1c1cnc2ccccc2n1. The summed E-state index contributed by atoms with van der Waals surface area (Å²) in [6.07, 6.45) is 3.95. The molecule has 1 aromatic heterocycles. The third-order valence-electron chi connectivity index (χ3n) is 3.32. The van der Waals surface area contributed by atoms with Gasteiger partial charge in [0.25, 0.3) is 0 Å². The Bertz CT molecular complexity index is 529. The van der Waals surface area contributed by atoms with Gasteiger partial charge in [0.2, 0.25) is 0 Å². The van der Waals surface area contributed by atoms with E-state index in [2.05, 4.69) is 14.9 Å². The zero-order chi connectivity index (χ0) is 11.7. The maximum atomic E-state index is 9.32. The van der Waals surface area contributed by atoms with Crippen molar-refractivity contribution in [2.45, 2.75) is 18.9 Å². The van der Waals surface area contributed by atoms with E-state index in [0.29, 0.717) is 0 Å². The fraction of sp³-hybridized carbons (Fsp3) is 0.385. The normalized spacial score (nSPS) is 20.1. The quantitative estimate of drug-likeness (QED) is 0.849. The van der Waals surface area contributed by atoms with E-state index in [1.165, 1.54) is 0 Å². The van der Waals surface area contributed by atoms with Crippen molar-refractivity contribution < 1.29 is 5.11 Å². The van der Waals surface area contributed by atoms with Crippen molar-refractivity contribution in [3.05, 3.63) is 30.5 Å². The molecule has 1 aliphatic rings. The summed E-state index contributed by atoms with van der Waals surface area (Å²) >= 11 is 0. The summed E-state index contributed by atoms with van der Waals surface area (Å²) in [5, 5.41) is 9.32. The Morgan fingerprint density at radius 1 is 1.29 bits per heavy atom. The van der Waals surface area contributed by atoms with Gasteiger partial charge in [0.05, 0.1) is 29.9 Å². The maximum Gasteiger partial charge on any atom is 0.148 e. The molecule has 4 nitrogen and oxygen atoms in total. The van der Waals surface area contributed by atoms with Crippen LogP contribution in [0.15, 0.2) is 30.5 Å². The Labute approximate surface area is 99.9 Å². The first kappa shape index (κ1) is 10.5. The molecule has 3 rings (SSSR count). The second-order valence-electron chi connectivity index (χ2n) is 4.39. The third-order valence-corrected chi connectivity index (χ3v) is 3.32. The van der Waals surface area contributed by atoms with Gasteiger partial charge in [0.15, 0.2) is 0 Å². The Morgan fingerprint density at radius 2 is 2.12 bits per heavy atom. The lowest BCUT2D eigenvalue weighted by Crippen LogP contribution is -2.32. The molecule has 1 atom stereocenters. The van der Waals surface area contributed by atoms with Crippen LogP contribution in [0.3, 0.4) is 0 Å². The number of para-hydroxylation sites is 2. The van der Waals surface area contributed by atoms with E-state index in [1.54, 1.807) is 6.20 Å². The number of hydrogen-bond donors (Lipinski definition) is 1. The first-order valence-corrected chi connectivity index (χ1v) is 5.98. The lowest BCUT2D eigenvalue weighted by Gasteiger charge is -2.23. The number of benzene rings is 1. The minimum absolute atomic E-state index is 0.189. The molecule has 88 valence electrons. The maximum absolute atomic E-state index is 9.32. The highest BCUT2D eigenvalue weighted by Gasteiger charge is 2.25. The minimum Gasteiger partial charge on any atom is -0.394 e. The zero-order valence-corrected chi connectivity index (χ0v) is 9.58. The average molecular weight is 229 g/mol.